The molecule has 2 rings (SSSR count). The van der Waals surface area contributed by atoms with E-state index in [0.717, 1.165) is 11.4 Å². The molecular formula is C10H14N2O. The first-order valence-corrected chi connectivity index (χ1v) is 4.50. The van der Waals surface area contributed by atoms with Gasteiger partial charge in [0.15, 0.2) is 0 Å². The zero-order valence-corrected chi connectivity index (χ0v) is 7.87. The van der Waals surface area contributed by atoms with Crippen molar-refractivity contribution in [2.24, 2.45) is 5.73 Å². The van der Waals surface area contributed by atoms with Gasteiger partial charge in [-0.2, -0.15) is 0 Å². The zero-order chi connectivity index (χ0) is 9.42. The van der Waals surface area contributed by atoms with Gasteiger partial charge in [-0.25, -0.2) is 0 Å². The largest absolute Gasteiger partial charge is 0.455 e. The lowest BCUT2D eigenvalue weighted by Crippen LogP contribution is -2.30. The van der Waals surface area contributed by atoms with Crippen LogP contribution < -0.4 is 15.8 Å². The van der Waals surface area contributed by atoms with Gasteiger partial charge in [0.2, 0.25) is 6.35 Å². The van der Waals surface area contributed by atoms with Crippen LogP contribution in [-0.2, 0) is 0 Å². The number of anilines is 1. The van der Waals surface area contributed by atoms with Crippen molar-refractivity contribution in [2.75, 3.05) is 5.32 Å². The van der Waals surface area contributed by atoms with Gasteiger partial charge in [-0.1, -0.05) is 26.0 Å². The first-order valence-electron chi connectivity index (χ1n) is 4.50. The molecule has 1 aromatic carbocycles. The molecule has 0 amide bonds. The average Bonchev–Trinajstić information content (AvgIpc) is 2.43. The third-order valence-corrected chi connectivity index (χ3v) is 2.21. The minimum atomic E-state index is -0.394. The van der Waals surface area contributed by atoms with Gasteiger partial charge in [0, 0.05) is 0 Å². The third-order valence-electron chi connectivity index (χ3n) is 2.21. The highest BCUT2D eigenvalue weighted by Crippen LogP contribution is 2.37. The quantitative estimate of drug-likeness (QED) is 0.690. The molecule has 0 fully saturated rings. The molecule has 3 nitrogen and oxygen atoms in total. The summed E-state index contributed by atoms with van der Waals surface area (Å²) in [5.41, 5.74) is 7.83. The summed E-state index contributed by atoms with van der Waals surface area (Å²) in [5.74, 6) is 1.37. The molecule has 0 saturated heterocycles. The highest BCUT2D eigenvalue weighted by Gasteiger charge is 2.21. The topological polar surface area (TPSA) is 47.3 Å². The van der Waals surface area contributed by atoms with Crippen LogP contribution in [0.25, 0.3) is 0 Å². The van der Waals surface area contributed by atoms with Gasteiger partial charge in [0.1, 0.15) is 5.75 Å². The highest BCUT2D eigenvalue weighted by atomic mass is 16.5. The van der Waals surface area contributed by atoms with Crippen LogP contribution in [-0.4, -0.2) is 6.35 Å². The van der Waals surface area contributed by atoms with Gasteiger partial charge >= 0.3 is 0 Å². The lowest BCUT2D eigenvalue weighted by atomic mass is 10.0. The van der Waals surface area contributed by atoms with Crippen LogP contribution in [0.4, 0.5) is 5.69 Å². The molecule has 1 heterocycles. The van der Waals surface area contributed by atoms with E-state index in [1.54, 1.807) is 0 Å². The van der Waals surface area contributed by atoms with Gasteiger partial charge < -0.3 is 10.1 Å². The van der Waals surface area contributed by atoms with Crippen LogP contribution in [0.5, 0.6) is 5.75 Å². The van der Waals surface area contributed by atoms with E-state index in [9.17, 15) is 0 Å². The summed E-state index contributed by atoms with van der Waals surface area (Å²) >= 11 is 0. The number of hydrogen-bond donors (Lipinski definition) is 2. The van der Waals surface area contributed by atoms with Crippen LogP contribution in [0.1, 0.15) is 25.3 Å². The molecule has 13 heavy (non-hydrogen) atoms. The molecule has 3 heteroatoms. The van der Waals surface area contributed by atoms with Gasteiger partial charge in [0.05, 0.1) is 5.69 Å². The fourth-order valence-electron chi connectivity index (χ4n) is 1.56. The van der Waals surface area contributed by atoms with Crippen molar-refractivity contribution in [1.29, 1.82) is 0 Å². The van der Waals surface area contributed by atoms with E-state index in [-0.39, 0.29) is 0 Å². The SMILES string of the molecule is CC(C)c1cccc2c1OC(N)N2. The first kappa shape index (κ1) is 8.38. The number of hydrogen-bond acceptors (Lipinski definition) is 3. The summed E-state index contributed by atoms with van der Waals surface area (Å²) < 4.78 is 5.47. The second-order valence-electron chi connectivity index (χ2n) is 3.56. The third kappa shape index (κ3) is 1.35. The lowest BCUT2D eigenvalue weighted by Gasteiger charge is -2.09. The van der Waals surface area contributed by atoms with E-state index in [4.69, 9.17) is 10.5 Å². The number of fused-ring (bicyclic) bond motifs is 1. The van der Waals surface area contributed by atoms with Crippen LogP contribution in [0.3, 0.4) is 0 Å². The van der Waals surface area contributed by atoms with Crippen molar-refractivity contribution < 1.29 is 4.74 Å². The fourth-order valence-corrected chi connectivity index (χ4v) is 1.56. The first-order chi connectivity index (χ1) is 6.18. The number of ether oxygens (including phenoxy) is 1. The minimum absolute atomic E-state index is 0.394. The van der Waals surface area contributed by atoms with Crippen molar-refractivity contribution in [2.45, 2.75) is 26.1 Å². The van der Waals surface area contributed by atoms with Crippen LogP contribution >= 0.6 is 0 Å². The zero-order valence-electron chi connectivity index (χ0n) is 7.87. The summed E-state index contributed by atoms with van der Waals surface area (Å²) in [5, 5.41) is 3.05. The summed E-state index contributed by atoms with van der Waals surface area (Å²) in [6, 6.07) is 6.07. The molecule has 1 unspecified atom stereocenters. The predicted octanol–water partition coefficient (Wildman–Crippen LogP) is 1.86. The summed E-state index contributed by atoms with van der Waals surface area (Å²) in [4.78, 5) is 0. The second kappa shape index (κ2) is 2.92. The number of nitrogens with two attached hydrogens (primary N) is 1. The molecule has 70 valence electrons. The van der Waals surface area contributed by atoms with Gasteiger partial charge in [-0.05, 0) is 17.5 Å². The van der Waals surface area contributed by atoms with E-state index < -0.39 is 6.35 Å². The summed E-state index contributed by atoms with van der Waals surface area (Å²) in [7, 11) is 0. The molecule has 0 spiro atoms. The van der Waals surface area contributed by atoms with E-state index in [1.807, 2.05) is 12.1 Å². The average molecular weight is 178 g/mol. The number of para-hydroxylation sites is 1. The molecule has 1 aliphatic heterocycles. The Morgan fingerprint density at radius 2 is 2.23 bits per heavy atom. The normalized spacial score (nSPS) is 19.5. The molecule has 0 aliphatic carbocycles. The molecule has 1 atom stereocenters. The highest BCUT2D eigenvalue weighted by molar-refractivity contribution is 5.63. The smallest absolute Gasteiger partial charge is 0.225 e. The molecule has 0 radical (unpaired) electrons. The Morgan fingerprint density at radius 1 is 1.46 bits per heavy atom. The van der Waals surface area contributed by atoms with E-state index in [0.29, 0.717) is 5.92 Å². The molecule has 0 aromatic heterocycles. The summed E-state index contributed by atoms with van der Waals surface area (Å²) in [6.45, 7) is 4.28. The maximum Gasteiger partial charge on any atom is 0.225 e. The maximum atomic E-state index is 5.62. The van der Waals surface area contributed by atoms with Crippen molar-refractivity contribution in [3.63, 3.8) is 0 Å². The Morgan fingerprint density at radius 3 is 2.92 bits per heavy atom. The molecule has 0 bridgehead atoms. The minimum Gasteiger partial charge on any atom is -0.455 e. The number of nitrogens with one attached hydrogen (secondary N) is 1. The lowest BCUT2D eigenvalue weighted by molar-refractivity contribution is 0.259. The van der Waals surface area contributed by atoms with E-state index in [2.05, 4.69) is 25.2 Å². The molecule has 1 aliphatic rings. The van der Waals surface area contributed by atoms with Crippen LogP contribution in [0.15, 0.2) is 18.2 Å². The number of rotatable bonds is 1. The van der Waals surface area contributed by atoms with Crippen LogP contribution in [0, 0.1) is 0 Å². The standard InChI is InChI=1S/C10H14N2O/c1-6(2)7-4-3-5-8-9(7)13-10(11)12-8/h3-6,10,12H,11H2,1-2H3. The van der Waals surface area contributed by atoms with Crippen molar-refractivity contribution >= 4 is 5.69 Å². The Bertz CT molecular complexity index is 323. The fraction of sp³-hybridized carbons (Fsp3) is 0.400. The Balaban J connectivity index is 2.45. The monoisotopic (exact) mass is 178 g/mol. The van der Waals surface area contributed by atoms with Crippen molar-refractivity contribution in [1.82, 2.24) is 0 Å². The second-order valence-corrected chi connectivity index (χ2v) is 3.56. The molecule has 1 aromatic rings. The van der Waals surface area contributed by atoms with Crippen LogP contribution in [0.2, 0.25) is 0 Å². The summed E-state index contributed by atoms with van der Waals surface area (Å²) in [6.07, 6.45) is -0.394. The van der Waals surface area contributed by atoms with E-state index in [1.165, 1.54) is 5.56 Å². The Hall–Kier alpha value is -1.22. The van der Waals surface area contributed by atoms with E-state index >= 15 is 0 Å². The van der Waals surface area contributed by atoms with Gasteiger partial charge in [0.25, 0.3) is 0 Å². The maximum absolute atomic E-state index is 5.62. The van der Waals surface area contributed by atoms with Gasteiger partial charge in [-0.15, -0.1) is 0 Å². The van der Waals surface area contributed by atoms with Gasteiger partial charge in [-0.3, -0.25) is 5.73 Å². The molecule has 3 N–H and O–H groups in total. The predicted molar refractivity (Wildman–Crippen MR) is 52.8 cm³/mol. The van der Waals surface area contributed by atoms with Crippen molar-refractivity contribution in [3.8, 4) is 5.75 Å². The Kier molecular flexibility index (Phi) is 1.88. The molecule has 0 saturated carbocycles. The number of benzene rings is 1. The molecular weight excluding hydrogens is 164 g/mol. The van der Waals surface area contributed by atoms with Crippen molar-refractivity contribution in [3.05, 3.63) is 23.8 Å². The Labute approximate surface area is 77.9 Å².